The molecule has 0 spiro atoms. The molecule has 1 aliphatic heterocycles. The molecular weight excluding hydrogens is 372 g/mol. The van der Waals surface area contributed by atoms with Gasteiger partial charge >= 0.3 is 0 Å². The Morgan fingerprint density at radius 3 is 2.18 bits per heavy atom. The molecule has 144 valence electrons. The van der Waals surface area contributed by atoms with Gasteiger partial charge < -0.3 is 9.32 Å². The molecule has 0 aliphatic carbocycles. The molecule has 5 heteroatoms. The summed E-state index contributed by atoms with van der Waals surface area (Å²) in [5, 5.41) is 0.737. The highest BCUT2D eigenvalue weighted by atomic mass is 35.5. The topological polar surface area (TPSA) is 36.7 Å². The molecule has 1 saturated heterocycles. The van der Waals surface area contributed by atoms with Gasteiger partial charge in [0.05, 0.1) is 17.9 Å². The lowest BCUT2D eigenvalue weighted by molar-refractivity contribution is 0.0595. The van der Waals surface area contributed by atoms with E-state index >= 15 is 0 Å². The molecule has 2 heterocycles. The Kier molecular flexibility index (Phi) is 5.51. The number of hydrogen-bond donors (Lipinski definition) is 0. The maximum atomic E-state index is 12.8. The van der Waals surface area contributed by atoms with E-state index in [-0.39, 0.29) is 11.9 Å². The summed E-state index contributed by atoms with van der Waals surface area (Å²) in [7, 11) is 0. The van der Waals surface area contributed by atoms with Crippen LogP contribution in [0.3, 0.4) is 0 Å². The van der Waals surface area contributed by atoms with Crippen LogP contribution in [0.1, 0.15) is 33.3 Å². The fourth-order valence-corrected chi connectivity index (χ4v) is 3.98. The van der Waals surface area contributed by atoms with Gasteiger partial charge in [-0.15, -0.1) is 0 Å². The molecule has 1 aromatic heterocycles. The minimum Gasteiger partial charge on any atom is -0.469 e. The molecule has 1 amide bonds. The van der Waals surface area contributed by atoms with Crippen molar-refractivity contribution in [3.05, 3.63) is 94.4 Å². The SMILES string of the molecule is Cc1occc1C(=O)N1CCN([C@H](c2ccccc2)c2ccc(Cl)cc2)CC1. The molecule has 1 fully saturated rings. The molecule has 2 aromatic carbocycles. The Labute approximate surface area is 170 Å². The van der Waals surface area contributed by atoms with Gasteiger partial charge in [-0.3, -0.25) is 9.69 Å². The maximum Gasteiger partial charge on any atom is 0.257 e. The van der Waals surface area contributed by atoms with Crippen molar-refractivity contribution in [3.8, 4) is 0 Å². The summed E-state index contributed by atoms with van der Waals surface area (Å²) < 4.78 is 5.29. The van der Waals surface area contributed by atoms with Crippen molar-refractivity contribution in [3.63, 3.8) is 0 Å². The van der Waals surface area contributed by atoms with E-state index in [0.29, 0.717) is 24.4 Å². The number of carbonyl (C=O) groups excluding carboxylic acids is 1. The molecule has 4 rings (SSSR count). The van der Waals surface area contributed by atoms with Gasteiger partial charge in [0, 0.05) is 31.2 Å². The van der Waals surface area contributed by atoms with E-state index in [1.807, 2.05) is 30.0 Å². The van der Waals surface area contributed by atoms with Gasteiger partial charge in [-0.25, -0.2) is 0 Å². The van der Waals surface area contributed by atoms with Gasteiger partial charge in [0.25, 0.3) is 5.91 Å². The Morgan fingerprint density at radius 2 is 1.57 bits per heavy atom. The van der Waals surface area contributed by atoms with E-state index < -0.39 is 0 Å². The van der Waals surface area contributed by atoms with Gasteiger partial charge in [0.2, 0.25) is 0 Å². The average Bonchev–Trinajstić information content (AvgIpc) is 3.16. The standard InChI is InChI=1S/C23H23ClN2O2/c1-17-21(11-16-28-17)23(27)26-14-12-25(13-15-26)22(18-5-3-2-4-6-18)19-7-9-20(24)10-8-19/h2-11,16,22H,12-15H2,1H3/t22-/m1/s1. The van der Waals surface area contributed by atoms with Gasteiger partial charge in [-0.1, -0.05) is 54.1 Å². The van der Waals surface area contributed by atoms with Crippen molar-refractivity contribution in [1.29, 1.82) is 0 Å². The van der Waals surface area contributed by atoms with Crippen LogP contribution in [0.25, 0.3) is 0 Å². The number of furan rings is 1. The second-order valence-electron chi connectivity index (χ2n) is 7.08. The minimum absolute atomic E-state index is 0.0497. The predicted octanol–water partition coefficient (Wildman–Crippen LogP) is 4.79. The molecule has 0 unspecified atom stereocenters. The van der Waals surface area contributed by atoms with E-state index in [2.05, 4.69) is 41.3 Å². The first-order chi connectivity index (χ1) is 13.6. The Hall–Kier alpha value is -2.56. The van der Waals surface area contributed by atoms with E-state index in [4.69, 9.17) is 16.0 Å². The number of aryl methyl sites for hydroxylation is 1. The zero-order valence-corrected chi connectivity index (χ0v) is 16.6. The second-order valence-corrected chi connectivity index (χ2v) is 7.52. The van der Waals surface area contributed by atoms with Crippen molar-refractivity contribution in [2.24, 2.45) is 0 Å². The third-order valence-corrected chi connectivity index (χ3v) is 5.61. The van der Waals surface area contributed by atoms with Crippen molar-refractivity contribution < 1.29 is 9.21 Å². The van der Waals surface area contributed by atoms with Gasteiger partial charge in [-0.2, -0.15) is 0 Å². The first kappa shape index (κ1) is 18.8. The molecule has 0 N–H and O–H groups in total. The van der Waals surface area contributed by atoms with Crippen molar-refractivity contribution in [2.45, 2.75) is 13.0 Å². The zero-order valence-electron chi connectivity index (χ0n) is 15.8. The Bertz CT molecular complexity index is 929. The van der Waals surface area contributed by atoms with Crippen LogP contribution in [0.4, 0.5) is 0 Å². The monoisotopic (exact) mass is 394 g/mol. The highest BCUT2D eigenvalue weighted by Gasteiger charge is 2.29. The van der Waals surface area contributed by atoms with Crippen LogP contribution in [0.15, 0.2) is 71.3 Å². The predicted molar refractivity (Wildman–Crippen MR) is 111 cm³/mol. The number of halogens is 1. The fourth-order valence-electron chi connectivity index (χ4n) is 3.85. The van der Waals surface area contributed by atoms with E-state index in [9.17, 15) is 4.79 Å². The van der Waals surface area contributed by atoms with Crippen LogP contribution in [0.2, 0.25) is 5.02 Å². The van der Waals surface area contributed by atoms with Crippen molar-refractivity contribution in [2.75, 3.05) is 26.2 Å². The van der Waals surface area contributed by atoms with Gasteiger partial charge in [0.15, 0.2) is 0 Å². The first-order valence-electron chi connectivity index (χ1n) is 9.51. The number of hydrogen-bond acceptors (Lipinski definition) is 3. The average molecular weight is 395 g/mol. The number of nitrogens with zero attached hydrogens (tertiary/aromatic N) is 2. The normalized spacial score (nSPS) is 16.1. The molecule has 0 radical (unpaired) electrons. The molecule has 3 aromatic rings. The van der Waals surface area contributed by atoms with Gasteiger partial charge in [-0.05, 0) is 36.2 Å². The van der Waals surface area contributed by atoms with Crippen LogP contribution in [-0.2, 0) is 0 Å². The Morgan fingerprint density at radius 1 is 0.929 bits per heavy atom. The largest absolute Gasteiger partial charge is 0.469 e. The summed E-state index contributed by atoms with van der Waals surface area (Å²) in [4.78, 5) is 17.1. The quantitative estimate of drug-likeness (QED) is 0.638. The van der Waals surface area contributed by atoms with E-state index in [0.717, 1.165) is 18.1 Å². The number of carbonyl (C=O) groups is 1. The molecular formula is C23H23ClN2O2. The van der Waals surface area contributed by atoms with Crippen LogP contribution in [0, 0.1) is 6.92 Å². The number of benzene rings is 2. The summed E-state index contributed by atoms with van der Waals surface area (Å²) in [6.45, 7) is 4.84. The van der Waals surface area contributed by atoms with Crippen molar-refractivity contribution in [1.82, 2.24) is 9.80 Å². The van der Waals surface area contributed by atoms with Crippen LogP contribution < -0.4 is 0 Å². The summed E-state index contributed by atoms with van der Waals surface area (Å²) >= 11 is 6.10. The maximum absolute atomic E-state index is 12.8. The summed E-state index contributed by atoms with van der Waals surface area (Å²) in [5.74, 6) is 0.726. The van der Waals surface area contributed by atoms with Crippen LogP contribution in [-0.4, -0.2) is 41.9 Å². The highest BCUT2D eigenvalue weighted by molar-refractivity contribution is 6.30. The van der Waals surface area contributed by atoms with Crippen molar-refractivity contribution >= 4 is 17.5 Å². The van der Waals surface area contributed by atoms with Crippen LogP contribution >= 0.6 is 11.6 Å². The summed E-state index contributed by atoms with van der Waals surface area (Å²) in [5.41, 5.74) is 3.11. The van der Waals surface area contributed by atoms with Gasteiger partial charge in [0.1, 0.15) is 5.76 Å². The van der Waals surface area contributed by atoms with Crippen LogP contribution in [0.5, 0.6) is 0 Å². The number of rotatable bonds is 4. The number of piperazine rings is 1. The molecule has 1 atom stereocenters. The lowest BCUT2D eigenvalue weighted by atomic mass is 9.96. The third-order valence-electron chi connectivity index (χ3n) is 5.36. The first-order valence-corrected chi connectivity index (χ1v) is 9.89. The fraction of sp³-hybridized carbons (Fsp3) is 0.261. The Balaban J connectivity index is 1.53. The minimum atomic E-state index is 0.0497. The lowest BCUT2D eigenvalue weighted by Gasteiger charge is -2.39. The smallest absolute Gasteiger partial charge is 0.257 e. The molecule has 1 aliphatic rings. The molecule has 28 heavy (non-hydrogen) atoms. The summed E-state index contributed by atoms with van der Waals surface area (Å²) in [6, 6.07) is 20.4. The number of amides is 1. The third kappa shape index (κ3) is 3.84. The van der Waals surface area contributed by atoms with E-state index in [1.54, 1.807) is 12.3 Å². The summed E-state index contributed by atoms with van der Waals surface area (Å²) in [6.07, 6.45) is 1.57. The van der Waals surface area contributed by atoms with E-state index in [1.165, 1.54) is 11.1 Å². The zero-order chi connectivity index (χ0) is 19.5. The molecule has 0 bridgehead atoms. The highest BCUT2D eigenvalue weighted by Crippen LogP contribution is 2.30. The molecule has 4 nitrogen and oxygen atoms in total. The second kappa shape index (κ2) is 8.21. The lowest BCUT2D eigenvalue weighted by Crippen LogP contribution is -2.49. The molecule has 0 saturated carbocycles.